The molecular weight excluding hydrogens is 276 g/mol. The van der Waals surface area contributed by atoms with Gasteiger partial charge in [-0.3, -0.25) is 0 Å². The number of nitrogens with zero attached hydrogens (tertiary/aromatic N) is 1. The van der Waals surface area contributed by atoms with Gasteiger partial charge in [0.05, 0.1) is 36.6 Å². The highest BCUT2D eigenvalue weighted by atomic mass is 32.1. The van der Waals surface area contributed by atoms with E-state index in [1.165, 1.54) is 4.88 Å². The van der Waals surface area contributed by atoms with Crippen LogP contribution in [0.25, 0.3) is 0 Å². The zero-order valence-electron chi connectivity index (χ0n) is 12.2. The van der Waals surface area contributed by atoms with E-state index in [1.807, 2.05) is 12.4 Å². The van der Waals surface area contributed by atoms with Gasteiger partial charge in [0.1, 0.15) is 0 Å². The summed E-state index contributed by atoms with van der Waals surface area (Å²) >= 11 is 1.66. The van der Waals surface area contributed by atoms with Crippen molar-refractivity contribution in [3.05, 3.63) is 16.1 Å². The molecule has 0 saturated heterocycles. The van der Waals surface area contributed by atoms with Crippen LogP contribution in [0.3, 0.4) is 0 Å². The van der Waals surface area contributed by atoms with Crippen molar-refractivity contribution in [3.63, 3.8) is 0 Å². The van der Waals surface area contributed by atoms with E-state index >= 15 is 0 Å². The average Bonchev–Trinajstić information content (AvgIpc) is 2.79. The summed E-state index contributed by atoms with van der Waals surface area (Å²) in [6, 6.07) is 0.481. The quantitative estimate of drug-likeness (QED) is 0.670. The number of ether oxygens (including phenoxy) is 2. The minimum atomic E-state index is -0.445. The van der Waals surface area contributed by atoms with Crippen molar-refractivity contribution in [3.8, 4) is 0 Å². The Hall–Kier alpha value is -0.530. The summed E-state index contributed by atoms with van der Waals surface area (Å²) < 4.78 is 10.7. The molecule has 0 spiro atoms. The summed E-state index contributed by atoms with van der Waals surface area (Å²) in [5.74, 6) is 0. The van der Waals surface area contributed by atoms with E-state index in [2.05, 4.69) is 10.3 Å². The Morgan fingerprint density at radius 3 is 3.00 bits per heavy atom. The number of methoxy groups -OCH3 is 1. The van der Waals surface area contributed by atoms with Crippen molar-refractivity contribution >= 4 is 11.3 Å². The van der Waals surface area contributed by atoms with E-state index in [-0.39, 0.29) is 0 Å². The smallest absolute Gasteiger partial charge is 0.0897 e. The minimum absolute atomic E-state index is 0.380. The molecule has 1 aromatic heterocycles. The number of aliphatic hydroxyl groups is 1. The predicted molar refractivity (Wildman–Crippen MR) is 79.2 cm³/mol. The van der Waals surface area contributed by atoms with Crippen LogP contribution in [-0.2, 0) is 15.9 Å². The SMILES string of the molecule is COC1CC(NCC(O)COCCc2scnc2C)C1. The standard InChI is InChI=1S/C14H24N2O3S/c1-10-14(20-9-16-10)3-4-19-8-12(17)7-15-11-5-13(6-11)18-2/h9,11-13,15,17H,3-8H2,1-2H3. The van der Waals surface area contributed by atoms with Crippen LogP contribution >= 0.6 is 11.3 Å². The van der Waals surface area contributed by atoms with Crippen LogP contribution in [0.2, 0.25) is 0 Å². The molecule has 1 aromatic rings. The number of hydrogen-bond acceptors (Lipinski definition) is 6. The molecule has 1 aliphatic rings. The molecule has 6 heteroatoms. The van der Waals surface area contributed by atoms with E-state index in [0.29, 0.717) is 31.9 Å². The van der Waals surface area contributed by atoms with E-state index in [1.54, 1.807) is 18.4 Å². The molecule has 1 unspecified atom stereocenters. The number of hydrogen-bond donors (Lipinski definition) is 2. The number of rotatable bonds is 9. The molecule has 20 heavy (non-hydrogen) atoms. The van der Waals surface area contributed by atoms with Gasteiger partial charge in [0.15, 0.2) is 0 Å². The Morgan fingerprint density at radius 2 is 2.35 bits per heavy atom. The first-order chi connectivity index (χ1) is 9.69. The van der Waals surface area contributed by atoms with Crippen molar-refractivity contribution in [2.75, 3.05) is 26.9 Å². The fourth-order valence-electron chi connectivity index (χ4n) is 2.24. The molecule has 1 heterocycles. The Balaban J connectivity index is 1.48. The zero-order chi connectivity index (χ0) is 14.4. The molecule has 1 saturated carbocycles. The Morgan fingerprint density at radius 1 is 1.55 bits per heavy atom. The van der Waals surface area contributed by atoms with Crippen molar-refractivity contribution in [1.82, 2.24) is 10.3 Å². The Labute approximate surface area is 124 Å². The van der Waals surface area contributed by atoms with Crippen molar-refractivity contribution in [2.45, 2.75) is 44.4 Å². The van der Waals surface area contributed by atoms with Crippen molar-refractivity contribution < 1.29 is 14.6 Å². The highest BCUT2D eigenvalue weighted by Crippen LogP contribution is 2.22. The first-order valence-electron chi connectivity index (χ1n) is 7.10. The second-order valence-electron chi connectivity index (χ2n) is 5.27. The lowest BCUT2D eigenvalue weighted by Gasteiger charge is -2.35. The molecule has 0 bridgehead atoms. The fourth-order valence-corrected chi connectivity index (χ4v) is 3.00. The normalized spacial score (nSPS) is 23.6. The molecule has 1 atom stereocenters. The lowest BCUT2D eigenvalue weighted by Crippen LogP contribution is -2.47. The summed E-state index contributed by atoms with van der Waals surface area (Å²) in [6.45, 7) is 3.61. The van der Waals surface area contributed by atoms with Gasteiger partial charge in [-0.1, -0.05) is 0 Å². The van der Waals surface area contributed by atoms with Crippen LogP contribution in [-0.4, -0.2) is 55.2 Å². The number of aromatic nitrogens is 1. The van der Waals surface area contributed by atoms with Gasteiger partial charge in [-0.15, -0.1) is 11.3 Å². The molecule has 0 radical (unpaired) electrons. The molecular formula is C14H24N2O3S. The molecule has 0 aromatic carbocycles. The van der Waals surface area contributed by atoms with Gasteiger partial charge in [0.25, 0.3) is 0 Å². The van der Waals surface area contributed by atoms with E-state index in [0.717, 1.165) is 25.0 Å². The largest absolute Gasteiger partial charge is 0.389 e. The van der Waals surface area contributed by atoms with Gasteiger partial charge in [-0.25, -0.2) is 4.98 Å². The average molecular weight is 300 g/mol. The maximum absolute atomic E-state index is 9.82. The van der Waals surface area contributed by atoms with Crippen LogP contribution in [0, 0.1) is 6.92 Å². The third-order valence-corrected chi connectivity index (χ3v) is 4.69. The summed E-state index contributed by atoms with van der Waals surface area (Å²) in [6.07, 6.45) is 2.89. The second-order valence-corrected chi connectivity index (χ2v) is 6.21. The van der Waals surface area contributed by atoms with Gasteiger partial charge in [-0.05, 0) is 19.8 Å². The summed E-state index contributed by atoms with van der Waals surface area (Å²) in [5, 5.41) is 13.2. The van der Waals surface area contributed by atoms with Crippen LogP contribution in [0.1, 0.15) is 23.4 Å². The Kier molecular flexibility index (Phi) is 6.38. The molecule has 2 rings (SSSR count). The summed E-state index contributed by atoms with van der Waals surface area (Å²) in [7, 11) is 1.74. The Bertz CT molecular complexity index is 394. The summed E-state index contributed by atoms with van der Waals surface area (Å²) in [5.41, 5.74) is 2.94. The van der Waals surface area contributed by atoms with E-state index in [4.69, 9.17) is 9.47 Å². The molecule has 114 valence electrons. The molecule has 2 N–H and O–H groups in total. The minimum Gasteiger partial charge on any atom is -0.389 e. The van der Waals surface area contributed by atoms with Gasteiger partial charge in [0, 0.05) is 31.0 Å². The molecule has 1 fully saturated rings. The maximum Gasteiger partial charge on any atom is 0.0897 e. The van der Waals surface area contributed by atoms with E-state index in [9.17, 15) is 5.11 Å². The number of aliphatic hydroxyl groups excluding tert-OH is 1. The highest BCUT2D eigenvalue weighted by Gasteiger charge is 2.28. The monoisotopic (exact) mass is 300 g/mol. The molecule has 1 aliphatic carbocycles. The number of nitrogens with one attached hydrogen (secondary N) is 1. The first-order valence-corrected chi connectivity index (χ1v) is 7.98. The lowest BCUT2D eigenvalue weighted by atomic mass is 9.89. The van der Waals surface area contributed by atoms with Gasteiger partial charge in [-0.2, -0.15) is 0 Å². The van der Waals surface area contributed by atoms with Gasteiger partial charge < -0.3 is 19.9 Å². The van der Waals surface area contributed by atoms with Crippen LogP contribution in [0.5, 0.6) is 0 Å². The molecule has 0 amide bonds. The second kappa shape index (κ2) is 8.05. The predicted octanol–water partition coefficient (Wildman–Crippen LogP) is 1.14. The summed E-state index contributed by atoms with van der Waals surface area (Å²) in [4.78, 5) is 5.46. The van der Waals surface area contributed by atoms with Crippen LogP contribution in [0.15, 0.2) is 5.51 Å². The third kappa shape index (κ3) is 4.79. The first kappa shape index (κ1) is 15.9. The molecule has 0 aliphatic heterocycles. The third-order valence-electron chi connectivity index (χ3n) is 3.70. The maximum atomic E-state index is 9.82. The topological polar surface area (TPSA) is 63.6 Å². The van der Waals surface area contributed by atoms with Gasteiger partial charge >= 0.3 is 0 Å². The number of thiazole rings is 1. The van der Waals surface area contributed by atoms with Gasteiger partial charge in [0.2, 0.25) is 0 Å². The van der Waals surface area contributed by atoms with Crippen molar-refractivity contribution in [2.24, 2.45) is 0 Å². The number of aryl methyl sites for hydroxylation is 1. The van der Waals surface area contributed by atoms with Crippen LogP contribution < -0.4 is 5.32 Å². The van der Waals surface area contributed by atoms with E-state index < -0.39 is 6.10 Å². The highest BCUT2D eigenvalue weighted by molar-refractivity contribution is 7.09. The zero-order valence-corrected chi connectivity index (χ0v) is 13.0. The van der Waals surface area contributed by atoms with Crippen molar-refractivity contribution in [1.29, 1.82) is 0 Å². The molecule has 5 nitrogen and oxygen atoms in total. The fraction of sp³-hybridized carbons (Fsp3) is 0.786. The van der Waals surface area contributed by atoms with Crippen LogP contribution in [0.4, 0.5) is 0 Å². The lowest BCUT2D eigenvalue weighted by molar-refractivity contribution is 0.00472.